The molecule has 1 aromatic heterocycles. The van der Waals surface area contributed by atoms with E-state index in [2.05, 4.69) is 46.4 Å². The minimum Gasteiger partial charge on any atom is -0.496 e. The van der Waals surface area contributed by atoms with E-state index in [9.17, 15) is 4.79 Å². The molecule has 0 spiro atoms. The van der Waals surface area contributed by atoms with Crippen LogP contribution in [-0.4, -0.2) is 42.3 Å². The molecule has 1 heterocycles. The van der Waals surface area contributed by atoms with Crippen molar-refractivity contribution in [3.05, 3.63) is 69.6 Å². The topological polar surface area (TPSA) is 58.2 Å². The highest BCUT2D eigenvalue weighted by molar-refractivity contribution is 5.81. The maximum atomic E-state index is 11.8. The lowest BCUT2D eigenvalue weighted by atomic mass is 9.82. The number of fused-ring (bicyclic) bond motifs is 2. The number of benzene rings is 2. The third-order valence-corrected chi connectivity index (χ3v) is 5.85. The van der Waals surface area contributed by atoms with Crippen molar-refractivity contribution in [3.8, 4) is 5.75 Å². The fraction of sp³-hybridized carbons (Fsp3) is 0.391. The number of likely N-dealkylation sites (N-methyl/N-ethyl adjacent to an activating group) is 1. The quantitative estimate of drug-likeness (QED) is 0.714. The molecule has 5 heteroatoms. The predicted molar refractivity (Wildman–Crippen MR) is 112 cm³/mol. The van der Waals surface area contributed by atoms with Crippen molar-refractivity contribution in [2.24, 2.45) is 0 Å². The van der Waals surface area contributed by atoms with Crippen LogP contribution in [0.2, 0.25) is 0 Å². The predicted octanol–water partition coefficient (Wildman–Crippen LogP) is 3.53. The lowest BCUT2D eigenvalue weighted by Gasteiger charge is -2.30. The summed E-state index contributed by atoms with van der Waals surface area (Å²) >= 11 is 0. The molecule has 0 saturated heterocycles. The Hall–Kier alpha value is -2.66. The van der Waals surface area contributed by atoms with Crippen LogP contribution in [0, 0.1) is 0 Å². The maximum Gasteiger partial charge on any atom is 0.272 e. The first-order valence-electron chi connectivity index (χ1n) is 9.96. The number of nitrogens with one attached hydrogen (secondary N) is 1. The highest BCUT2D eigenvalue weighted by Gasteiger charge is 2.23. The summed E-state index contributed by atoms with van der Waals surface area (Å²) in [6.45, 7) is 2.03. The number of nitrogens with zero attached hydrogens (tertiary/aromatic N) is 2. The number of aromatic amines is 1. The van der Waals surface area contributed by atoms with Gasteiger partial charge in [0, 0.05) is 18.5 Å². The summed E-state index contributed by atoms with van der Waals surface area (Å²) in [6, 6.07) is 12.5. The molecule has 0 amide bonds. The molecule has 28 heavy (non-hydrogen) atoms. The molecule has 0 aliphatic heterocycles. The molecule has 0 saturated carbocycles. The summed E-state index contributed by atoms with van der Waals surface area (Å²) in [5.41, 5.74) is 3.94. The second kappa shape index (κ2) is 8.15. The molecule has 4 rings (SSSR count). The summed E-state index contributed by atoms with van der Waals surface area (Å²) in [5.74, 6) is 1.59. The normalized spacial score (nSPS) is 16.3. The number of hydrogen-bond acceptors (Lipinski definition) is 4. The van der Waals surface area contributed by atoms with E-state index in [0.717, 1.165) is 37.1 Å². The zero-order chi connectivity index (χ0) is 19.5. The second-order valence-corrected chi connectivity index (χ2v) is 7.75. The summed E-state index contributed by atoms with van der Waals surface area (Å²) in [7, 11) is 3.96. The van der Waals surface area contributed by atoms with Gasteiger partial charge in [0.15, 0.2) is 0 Å². The fourth-order valence-corrected chi connectivity index (χ4v) is 4.38. The molecule has 2 aromatic carbocycles. The molecule has 1 unspecified atom stereocenters. The van der Waals surface area contributed by atoms with Crippen molar-refractivity contribution in [1.29, 1.82) is 0 Å². The van der Waals surface area contributed by atoms with Gasteiger partial charge in [-0.2, -0.15) is 5.10 Å². The largest absolute Gasteiger partial charge is 0.496 e. The molecule has 146 valence electrons. The first kappa shape index (κ1) is 18.7. The Labute approximate surface area is 165 Å². The van der Waals surface area contributed by atoms with Gasteiger partial charge in [-0.3, -0.25) is 4.79 Å². The van der Waals surface area contributed by atoms with Gasteiger partial charge in [-0.05, 0) is 73.5 Å². The fourth-order valence-electron chi connectivity index (χ4n) is 4.38. The molecule has 1 atom stereocenters. The Morgan fingerprint density at radius 3 is 3.04 bits per heavy atom. The standard InChI is InChI=1S/C23H27N3O2/c1-26(12-11-16-9-10-20-18(13-16)14-24-25-23(20)27)15-17-5-3-7-21-19(17)6-4-8-22(21)28-2/h4,6,8-10,13-14,17H,3,5,7,11-12,15H2,1-2H3,(H,25,27). The number of ether oxygens (including phenoxy) is 1. The number of rotatable bonds is 6. The summed E-state index contributed by atoms with van der Waals surface area (Å²) in [5, 5.41) is 7.98. The van der Waals surface area contributed by atoms with Crippen molar-refractivity contribution in [2.75, 3.05) is 27.2 Å². The molecule has 0 radical (unpaired) electrons. The molecule has 1 aliphatic rings. The Morgan fingerprint density at radius 1 is 1.29 bits per heavy atom. The van der Waals surface area contributed by atoms with Crippen molar-refractivity contribution in [3.63, 3.8) is 0 Å². The van der Waals surface area contributed by atoms with Gasteiger partial charge in [0.1, 0.15) is 5.75 Å². The number of H-pyrrole nitrogens is 1. The van der Waals surface area contributed by atoms with Crippen LogP contribution in [0.1, 0.15) is 35.4 Å². The zero-order valence-electron chi connectivity index (χ0n) is 16.6. The Bertz CT molecular complexity index is 1030. The summed E-state index contributed by atoms with van der Waals surface area (Å²) in [6.07, 6.45) is 6.24. The van der Waals surface area contributed by atoms with Gasteiger partial charge in [-0.1, -0.05) is 18.2 Å². The summed E-state index contributed by atoms with van der Waals surface area (Å²) < 4.78 is 5.57. The van der Waals surface area contributed by atoms with E-state index >= 15 is 0 Å². The molecule has 5 nitrogen and oxygen atoms in total. The average molecular weight is 377 g/mol. The molecule has 1 N–H and O–H groups in total. The molecule has 1 aliphatic carbocycles. The van der Waals surface area contributed by atoms with Crippen LogP contribution in [0.25, 0.3) is 10.8 Å². The van der Waals surface area contributed by atoms with E-state index in [0.29, 0.717) is 11.3 Å². The van der Waals surface area contributed by atoms with E-state index in [1.807, 2.05) is 12.1 Å². The minimum absolute atomic E-state index is 0.132. The molecular formula is C23H27N3O2. The molecule has 0 fully saturated rings. The van der Waals surface area contributed by atoms with Crippen LogP contribution in [0.4, 0.5) is 0 Å². The van der Waals surface area contributed by atoms with Gasteiger partial charge in [-0.15, -0.1) is 0 Å². The highest BCUT2D eigenvalue weighted by Crippen LogP contribution is 2.36. The van der Waals surface area contributed by atoms with Gasteiger partial charge in [0.25, 0.3) is 5.56 Å². The first-order valence-corrected chi connectivity index (χ1v) is 9.96. The van der Waals surface area contributed by atoms with Crippen molar-refractivity contribution in [1.82, 2.24) is 15.1 Å². The van der Waals surface area contributed by atoms with Crippen molar-refractivity contribution in [2.45, 2.75) is 31.6 Å². The van der Waals surface area contributed by atoms with Gasteiger partial charge >= 0.3 is 0 Å². The first-order chi connectivity index (χ1) is 13.7. The van der Waals surface area contributed by atoms with Crippen LogP contribution in [0.15, 0.2) is 47.4 Å². The zero-order valence-corrected chi connectivity index (χ0v) is 16.6. The van der Waals surface area contributed by atoms with E-state index < -0.39 is 0 Å². The summed E-state index contributed by atoms with van der Waals surface area (Å²) in [4.78, 5) is 14.2. The van der Waals surface area contributed by atoms with Gasteiger partial charge < -0.3 is 9.64 Å². The smallest absolute Gasteiger partial charge is 0.272 e. The Morgan fingerprint density at radius 2 is 2.18 bits per heavy atom. The third-order valence-electron chi connectivity index (χ3n) is 5.85. The Kier molecular flexibility index (Phi) is 5.44. The number of methoxy groups -OCH3 is 1. The van der Waals surface area contributed by atoms with E-state index in [1.165, 1.54) is 29.5 Å². The maximum absolute atomic E-state index is 11.8. The van der Waals surface area contributed by atoms with E-state index in [4.69, 9.17) is 4.74 Å². The van der Waals surface area contributed by atoms with Crippen molar-refractivity contribution >= 4 is 10.8 Å². The van der Waals surface area contributed by atoms with Crippen LogP contribution in [-0.2, 0) is 12.8 Å². The lowest BCUT2D eigenvalue weighted by molar-refractivity contribution is 0.299. The molecule has 0 bridgehead atoms. The van der Waals surface area contributed by atoms with Crippen LogP contribution >= 0.6 is 0 Å². The highest BCUT2D eigenvalue weighted by atomic mass is 16.5. The van der Waals surface area contributed by atoms with E-state index in [-0.39, 0.29) is 5.56 Å². The third kappa shape index (κ3) is 3.80. The minimum atomic E-state index is -0.132. The Balaban J connectivity index is 1.42. The SMILES string of the molecule is COc1cccc2c1CCCC2CN(C)CCc1ccc2c(=O)[nH]ncc2c1. The monoisotopic (exact) mass is 377 g/mol. The average Bonchev–Trinajstić information content (AvgIpc) is 2.72. The van der Waals surface area contributed by atoms with Gasteiger partial charge in [-0.25, -0.2) is 5.10 Å². The second-order valence-electron chi connectivity index (χ2n) is 7.75. The van der Waals surface area contributed by atoms with Crippen molar-refractivity contribution < 1.29 is 4.74 Å². The van der Waals surface area contributed by atoms with E-state index in [1.54, 1.807) is 13.3 Å². The lowest BCUT2D eigenvalue weighted by Crippen LogP contribution is -2.28. The molecular weight excluding hydrogens is 350 g/mol. The molecule has 3 aromatic rings. The van der Waals surface area contributed by atoms with Gasteiger partial charge in [0.2, 0.25) is 0 Å². The van der Waals surface area contributed by atoms with Crippen LogP contribution in [0.3, 0.4) is 0 Å². The number of aromatic nitrogens is 2. The van der Waals surface area contributed by atoms with Crippen LogP contribution < -0.4 is 10.3 Å². The number of hydrogen-bond donors (Lipinski definition) is 1. The van der Waals surface area contributed by atoms with Crippen LogP contribution in [0.5, 0.6) is 5.75 Å². The van der Waals surface area contributed by atoms with Gasteiger partial charge in [0.05, 0.1) is 18.7 Å².